The number of rotatable bonds is 5. The van der Waals surface area contributed by atoms with E-state index in [-0.39, 0.29) is 21.1 Å². The molecule has 9 heteroatoms. The number of benzene rings is 1. The van der Waals surface area contributed by atoms with E-state index in [2.05, 4.69) is 0 Å². The zero-order valence-corrected chi connectivity index (χ0v) is 16.1. The van der Waals surface area contributed by atoms with Crippen molar-refractivity contribution in [3.63, 3.8) is 0 Å². The Morgan fingerprint density at radius 2 is 2.08 bits per heavy atom. The number of nitrogens with two attached hydrogens (primary N) is 1. The molecule has 3 N–H and O–H groups in total. The molecule has 0 saturated carbocycles. The maximum atomic E-state index is 12.4. The number of carbonyl (C=O) groups excluding carboxylic acids is 1. The van der Waals surface area contributed by atoms with Crippen molar-refractivity contribution in [3.8, 4) is 0 Å². The van der Waals surface area contributed by atoms with Crippen LogP contribution in [0, 0.1) is 5.92 Å². The molecule has 1 heterocycles. The third kappa shape index (κ3) is 3.43. The van der Waals surface area contributed by atoms with Gasteiger partial charge in [0.05, 0.1) is 10.3 Å². The molecule has 1 aliphatic rings. The molecule has 0 aliphatic carbocycles. The second kappa shape index (κ2) is 6.84. The fourth-order valence-corrected chi connectivity index (χ4v) is 5.07. The van der Waals surface area contributed by atoms with Crippen molar-refractivity contribution < 1.29 is 18.3 Å². The van der Waals surface area contributed by atoms with E-state index < -0.39 is 21.0 Å². The van der Waals surface area contributed by atoms with Crippen molar-refractivity contribution in [3.05, 3.63) is 28.8 Å². The first-order valence-corrected chi connectivity index (χ1v) is 10.4. The highest BCUT2D eigenvalue weighted by Gasteiger charge is 2.53. The fraction of sp³-hybridized carbons (Fsp3) is 0.533. The monoisotopic (exact) mass is 392 g/mol. The molecule has 2 atom stereocenters. The minimum atomic E-state index is -4.04. The number of hydrogen-bond acceptors (Lipinski definition) is 5. The summed E-state index contributed by atoms with van der Waals surface area (Å²) in [7, 11) is -4.04. The Morgan fingerprint density at radius 3 is 2.58 bits per heavy atom. The van der Waals surface area contributed by atoms with E-state index in [9.17, 15) is 18.3 Å². The predicted molar refractivity (Wildman–Crippen MR) is 95.3 cm³/mol. The lowest BCUT2D eigenvalue weighted by molar-refractivity contribution is -0.0822. The number of aliphatic hydroxyl groups is 1. The third-order valence-electron chi connectivity index (χ3n) is 3.91. The molecular weight excluding hydrogens is 372 g/mol. The SMILES string of the molecule is CCC1SC(=O)N(CC(C)C)C1(O)c1ccc(Cl)c(S(N)(=O)=O)c1. The highest BCUT2D eigenvalue weighted by molar-refractivity contribution is 8.14. The molecule has 24 heavy (non-hydrogen) atoms. The van der Waals surface area contributed by atoms with Crippen LogP contribution in [0.25, 0.3) is 0 Å². The quantitative estimate of drug-likeness (QED) is 0.802. The van der Waals surface area contributed by atoms with E-state index in [1.54, 1.807) is 0 Å². The zero-order chi connectivity index (χ0) is 18.3. The van der Waals surface area contributed by atoms with Gasteiger partial charge in [-0.25, -0.2) is 13.6 Å². The summed E-state index contributed by atoms with van der Waals surface area (Å²) in [6, 6.07) is 4.17. The van der Waals surface area contributed by atoms with Crippen LogP contribution >= 0.6 is 23.4 Å². The van der Waals surface area contributed by atoms with Crippen LogP contribution in [0.3, 0.4) is 0 Å². The Morgan fingerprint density at radius 1 is 1.46 bits per heavy atom. The van der Waals surface area contributed by atoms with Crippen LogP contribution in [0.4, 0.5) is 4.79 Å². The summed E-state index contributed by atoms with van der Waals surface area (Å²) in [5.74, 6) is 0.140. The van der Waals surface area contributed by atoms with Crippen molar-refractivity contribution in [2.45, 2.75) is 43.1 Å². The number of nitrogens with zero attached hydrogens (tertiary/aromatic N) is 1. The van der Waals surface area contributed by atoms with E-state index in [1.165, 1.54) is 23.1 Å². The van der Waals surface area contributed by atoms with Gasteiger partial charge in [0.1, 0.15) is 4.90 Å². The molecule has 1 amide bonds. The predicted octanol–water partition coefficient (Wildman–Crippen LogP) is 2.74. The van der Waals surface area contributed by atoms with Crippen molar-refractivity contribution >= 4 is 38.6 Å². The topological polar surface area (TPSA) is 101 Å². The Kier molecular flexibility index (Phi) is 5.56. The zero-order valence-electron chi connectivity index (χ0n) is 13.7. The second-order valence-electron chi connectivity index (χ2n) is 6.20. The van der Waals surface area contributed by atoms with Gasteiger partial charge in [0.2, 0.25) is 10.0 Å². The standard InChI is InChI=1S/C15H21ClN2O4S2/c1-4-13-15(20,18(8-9(2)3)14(19)23-13)10-5-6-11(16)12(7-10)24(17,21)22/h5-7,9,13,20H,4,8H2,1-3H3,(H2,17,21,22). The number of halogens is 1. The van der Waals surface area contributed by atoms with Gasteiger partial charge in [0, 0.05) is 12.1 Å². The average Bonchev–Trinajstić information content (AvgIpc) is 2.71. The van der Waals surface area contributed by atoms with Crippen molar-refractivity contribution in [1.82, 2.24) is 4.90 Å². The maximum absolute atomic E-state index is 12.4. The molecule has 1 aromatic carbocycles. The first-order chi connectivity index (χ1) is 11.0. The van der Waals surface area contributed by atoms with Gasteiger partial charge >= 0.3 is 0 Å². The number of thioether (sulfide) groups is 1. The smallest absolute Gasteiger partial charge is 0.284 e. The van der Waals surface area contributed by atoms with E-state index >= 15 is 0 Å². The van der Waals surface area contributed by atoms with E-state index in [4.69, 9.17) is 16.7 Å². The Balaban J connectivity index is 2.63. The van der Waals surface area contributed by atoms with E-state index in [0.29, 0.717) is 18.5 Å². The largest absolute Gasteiger partial charge is 0.366 e. The van der Waals surface area contributed by atoms with Gasteiger partial charge in [0.15, 0.2) is 5.72 Å². The number of carbonyl (C=O) groups is 1. The molecule has 0 radical (unpaired) electrons. The molecule has 0 spiro atoms. The van der Waals surface area contributed by atoms with Gasteiger partial charge in [0.25, 0.3) is 5.24 Å². The molecule has 1 saturated heterocycles. The van der Waals surface area contributed by atoms with Crippen LogP contribution in [0.15, 0.2) is 23.1 Å². The molecule has 1 fully saturated rings. The molecule has 134 valence electrons. The molecule has 0 bridgehead atoms. The summed E-state index contributed by atoms with van der Waals surface area (Å²) in [6.07, 6.45) is 0.537. The molecule has 1 aromatic rings. The summed E-state index contributed by atoms with van der Waals surface area (Å²) in [4.78, 5) is 13.5. The maximum Gasteiger partial charge on any atom is 0.284 e. The number of sulfonamides is 1. The molecule has 2 rings (SSSR count). The van der Waals surface area contributed by atoms with Gasteiger partial charge in [-0.05, 0) is 24.5 Å². The summed E-state index contributed by atoms with van der Waals surface area (Å²) < 4.78 is 23.5. The van der Waals surface area contributed by atoms with Crippen molar-refractivity contribution in [2.75, 3.05) is 6.54 Å². The van der Waals surface area contributed by atoms with Gasteiger partial charge in [-0.15, -0.1) is 0 Å². The number of primary sulfonamides is 1. The summed E-state index contributed by atoms with van der Waals surface area (Å²) in [6.45, 7) is 6.10. The Hall–Kier alpha value is -0.800. The minimum absolute atomic E-state index is 0.0229. The van der Waals surface area contributed by atoms with E-state index in [1.807, 2.05) is 20.8 Å². The summed E-state index contributed by atoms with van der Waals surface area (Å²) >= 11 is 6.98. The number of hydrogen-bond donors (Lipinski definition) is 2. The first-order valence-electron chi connectivity index (χ1n) is 7.55. The fourth-order valence-electron chi connectivity index (χ4n) is 2.82. The van der Waals surface area contributed by atoms with Crippen LogP contribution in [0.1, 0.15) is 32.8 Å². The second-order valence-corrected chi connectivity index (χ2v) is 9.29. The lowest BCUT2D eigenvalue weighted by atomic mass is 9.95. The van der Waals surface area contributed by atoms with Gasteiger partial charge in [-0.2, -0.15) is 0 Å². The van der Waals surface area contributed by atoms with Crippen LogP contribution in [0.2, 0.25) is 5.02 Å². The normalized spacial score (nSPS) is 24.9. The molecule has 1 aliphatic heterocycles. The van der Waals surface area contributed by atoms with Crippen LogP contribution in [-0.4, -0.2) is 35.5 Å². The Labute approximate surface area is 151 Å². The van der Waals surface area contributed by atoms with E-state index in [0.717, 1.165) is 11.8 Å². The van der Waals surface area contributed by atoms with Gasteiger partial charge in [-0.3, -0.25) is 4.79 Å². The third-order valence-corrected chi connectivity index (χ3v) is 6.67. The summed E-state index contributed by atoms with van der Waals surface area (Å²) in [5.41, 5.74) is -1.31. The Bertz CT molecular complexity index is 754. The molecule has 6 nitrogen and oxygen atoms in total. The number of amides is 1. The molecule has 0 aromatic heterocycles. The van der Waals surface area contributed by atoms with Gasteiger partial charge in [-0.1, -0.05) is 50.2 Å². The first kappa shape index (κ1) is 19.5. The highest BCUT2D eigenvalue weighted by atomic mass is 35.5. The van der Waals surface area contributed by atoms with Gasteiger partial charge < -0.3 is 10.0 Å². The average molecular weight is 393 g/mol. The minimum Gasteiger partial charge on any atom is -0.366 e. The lowest BCUT2D eigenvalue weighted by Crippen LogP contribution is -2.49. The van der Waals surface area contributed by atoms with Crippen molar-refractivity contribution in [2.24, 2.45) is 11.1 Å². The summed E-state index contributed by atoms with van der Waals surface area (Å²) in [5, 5.41) is 15.9. The van der Waals surface area contributed by atoms with Crippen LogP contribution < -0.4 is 5.14 Å². The highest BCUT2D eigenvalue weighted by Crippen LogP contribution is 2.47. The molecular formula is C15H21ClN2O4S2. The lowest BCUT2D eigenvalue weighted by Gasteiger charge is -2.37. The van der Waals surface area contributed by atoms with Crippen molar-refractivity contribution in [1.29, 1.82) is 0 Å². The van der Waals surface area contributed by atoms with Crippen LogP contribution in [-0.2, 0) is 15.7 Å². The molecule has 2 unspecified atom stereocenters. The van der Waals surface area contributed by atoms with Crippen LogP contribution in [0.5, 0.6) is 0 Å².